The molecule has 0 aliphatic carbocycles. The molecule has 2 heteroatoms. The molecule has 0 saturated carbocycles. The molecule has 2 N–H and O–H groups in total. The fourth-order valence-corrected chi connectivity index (χ4v) is 5.80. The van der Waals surface area contributed by atoms with Crippen LogP contribution in [-0.2, 0) is 0 Å². The van der Waals surface area contributed by atoms with Gasteiger partial charge in [-0.2, -0.15) is 0 Å². The van der Waals surface area contributed by atoms with E-state index in [1.807, 2.05) is 0 Å². The fourth-order valence-electron chi connectivity index (χ4n) is 1.94. The van der Waals surface area contributed by atoms with Gasteiger partial charge in [0.2, 0.25) is 0 Å². The third-order valence-electron chi connectivity index (χ3n) is 3.18. The molecule has 0 amide bonds. The van der Waals surface area contributed by atoms with Crippen LogP contribution in [-0.4, -0.2) is 13.9 Å². The summed E-state index contributed by atoms with van der Waals surface area (Å²) in [5.74, 6) is 0.690. The van der Waals surface area contributed by atoms with Crippen molar-refractivity contribution in [3.63, 3.8) is 0 Å². The summed E-state index contributed by atoms with van der Waals surface area (Å²) in [5.41, 5.74) is 6.02. The van der Waals surface area contributed by atoms with Crippen molar-refractivity contribution in [2.45, 2.75) is 56.9 Å². The molecular weight excluding hydrogens is 273 g/mol. The predicted octanol–water partition coefficient (Wildman–Crippen LogP) is -0.363. The van der Waals surface area contributed by atoms with Gasteiger partial charge in [-0.25, -0.2) is 0 Å². The van der Waals surface area contributed by atoms with Gasteiger partial charge in [0.1, 0.15) is 0 Å². The first-order valence-corrected chi connectivity index (χ1v) is 8.00. The van der Waals surface area contributed by atoms with Crippen molar-refractivity contribution >= 4 is 0 Å². The number of nitrogens with two attached hydrogens (primary N) is 1. The summed E-state index contributed by atoms with van der Waals surface area (Å²) in [6.07, 6.45) is 2.63. The molecular formula is C11H25IN-. The molecule has 0 aliphatic rings. The summed E-state index contributed by atoms with van der Waals surface area (Å²) in [6.45, 7) is 11.5. The normalized spacial score (nSPS) is 17.4. The molecule has 0 aromatic rings. The molecule has 0 unspecified atom stereocenters. The maximum absolute atomic E-state index is 6.02. The van der Waals surface area contributed by atoms with Crippen LogP contribution in [0.4, 0.5) is 0 Å². The SMILES string of the molecule is CC[I-]C(CC)(CC)[C@H](C)[C@H](C)N. The van der Waals surface area contributed by atoms with Gasteiger partial charge in [-0.05, 0) is 0 Å². The Morgan fingerprint density at radius 3 is 1.85 bits per heavy atom. The van der Waals surface area contributed by atoms with Crippen LogP contribution >= 0.6 is 0 Å². The third kappa shape index (κ3) is 3.39. The monoisotopic (exact) mass is 298 g/mol. The van der Waals surface area contributed by atoms with Gasteiger partial charge in [0.25, 0.3) is 0 Å². The summed E-state index contributed by atoms with van der Waals surface area (Å²) in [4.78, 5) is 0. The first-order chi connectivity index (χ1) is 6.04. The molecule has 0 aliphatic heterocycles. The molecule has 0 fully saturated rings. The van der Waals surface area contributed by atoms with Crippen LogP contribution in [0.25, 0.3) is 0 Å². The Balaban J connectivity index is 4.53. The van der Waals surface area contributed by atoms with Crippen molar-refractivity contribution < 1.29 is 21.2 Å². The van der Waals surface area contributed by atoms with Crippen LogP contribution in [0, 0.1) is 5.92 Å². The number of rotatable bonds is 6. The Kier molecular flexibility index (Phi) is 6.56. The fraction of sp³-hybridized carbons (Fsp3) is 1.00. The summed E-state index contributed by atoms with van der Waals surface area (Å²) < 4.78 is 1.99. The second-order valence-corrected chi connectivity index (χ2v) is 8.23. The van der Waals surface area contributed by atoms with Crippen LogP contribution in [0.5, 0.6) is 0 Å². The van der Waals surface area contributed by atoms with Gasteiger partial charge in [-0.3, -0.25) is 0 Å². The molecule has 1 nitrogen and oxygen atoms in total. The molecule has 0 heterocycles. The zero-order valence-corrected chi connectivity index (χ0v) is 11.9. The minimum atomic E-state index is 0.321. The van der Waals surface area contributed by atoms with Crippen molar-refractivity contribution in [3.05, 3.63) is 0 Å². The Hall–Kier alpha value is 0.690. The maximum atomic E-state index is 6.02. The van der Waals surface area contributed by atoms with Gasteiger partial charge >= 0.3 is 94.2 Å². The van der Waals surface area contributed by atoms with E-state index in [1.54, 1.807) is 0 Å². The van der Waals surface area contributed by atoms with Gasteiger partial charge in [0.15, 0.2) is 0 Å². The average Bonchev–Trinajstić information content (AvgIpc) is 2.13. The molecule has 0 aromatic carbocycles. The van der Waals surface area contributed by atoms with Crippen molar-refractivity contribution in [3.8, 4) is 0 Å². The van der Waals surface area contributed by atoms with Gasteiger partial charge in [-0.15, -0.1) is 0 Å². The third-order valence-corrected chi connectivity index (χ3v) is 7.97. The van der Waals surface area contributed by atoms with E-state index in [9.17, 15) is 0 Å². The van der Waals surface area contributed by atoms with Gasteiger partial charge in [0, 0.05) is 0 Å². The Morgan fingerprint density at radius 1 is 1.15 bits per heavy atom. The molecule has 0 bridgehead atoms. The number of hydrogen-bond donors (Lipinski definition) is 1. The van der Waals surface area contributed by atoms with Crippen molar-refractivity contribution in [1.82, 2.24) is 0 Å². The molecule has 0 radical (unpaired) electrons. The molecule has 82 valence electrons. The minimum absolute atomic E-state index is 0.321. The van der Waals surface area contributed by atoms with Crippen LogP contribution < -0.4 is 26.9 Å². The second-order valence-electron chi connectivity index (χ2n) is 3.79. The summed E-state index contributed by atoms with van der Waals surface area (Å²) in [6, 6.07) is 0.353. The predicted molar refractivity (Wildman–Crippen MR) is 56.7 cm³/mol. The van der Waals surface area contributed by atoms with Crippen LogP contribution in [0.2, 0.25) is 0 Å². The van der Waals surface area contributed by atoms with E-state index in [2.05, 4.69) is 34.6 Å². The van der Waals surface area contributed by atoms with Crippen LogP contribution in [0.1, 0.15) is 47.5 Å². The van der Waals surface area contributed by atoms with Crippen molar-refractivity contribution in [2.24, 2.45) is 11.7 Å². The zero-order valence-electron chi connectivity index (χ0n) is 9.73. The Morgan fingerprint density at radius 2 is 1.62 bits per heavy atom. The van der Waals surface area contributed by atoms with E-state index in [-0.39, 0.29) is 0 Å². The van der Waals surface area contributed by atoms with Gasteiger partial charge in [-0.1, -0.05) is 0 Å². The molecule has 13 heavy (non-hydrogen) atoms. The topological polar surface area (TPSA) is 26.0 Å². The summed E-state index contributed by atoms with van der Waals surface area (Å²) in [5, 5.41) is 0. The molecule has 0 saturated heterocycles. The first kappa shape index (κ1) is 13.7. The van der Waals surface area contributed by atoms with E-state index in [1.165, 1.54) is 17.3 Å². The first-order valence-electron chi connectivity index (χ1n) is 5.39. The number of alkyl halides is 2. The van der Waals surface area contributed by atoms with Crippen LogP contribution in [0.3, 0.4) is 0 Å². The number of hydrogen-bond acceptors (Lipinski definition) is 1. The number of halogens is 1. The molecule has 0 rings (SSSR count). The molecule has 0 aromatic heterocycles. The van der Waals surface area contributed by atoms with E-state index in [0.717, 1.165) is 0 Å². The van der Waals surface area contributed by atoms with E-state index in [0.29, 0.717) is 36.6 Å². The zero-order chi connectivity index (χ0) is 10.5. The summed E-state index contributed by atoms with van der Waals surface area (Å²) in [7, 11) is 0. The van der Waals surface area contributed by atoms with Crippen molar-refractivity contribution in [1.29, 1.82) is 0 Å². The molecule has 0 spiro atoms. The van der Waals surface area contributed by atoms with Gasteiger partial charge in [0.05, 0.1) is 0 Å². The van der Waals surface area contributed by atoms with E-state index >= 15 is 0 Å². The standard InChI is InChI=1S/C11H25IN/c1-6-11(7-2,12-8-3)9(4)10(5)13/h9-10H,6-8,13H2,1-5H3/q-1/t9-,10+/m1/s1. The van der Waals surface area contributed by atoms with E-state index in [4.69, 9.17) is 5.73 Å². The second kappa shape index (κ2) is 6.23. The Labute approximate surface area is 94.1 Å². The average molecular weight is 298 g/mol. The van der Waals surface area contributed by atoms with Crippen LogP contribution in [0.15, 0.2) is 0 Å². The quantitative estimate of drug-likeness (QED) is 0.526. The molecule has 2 atom stereocenters. The van der Waals surface area contributed by atoms with E-state index < -0.39 is 0 Å². The van der Waals surface area contributed by atoms with Crippen molar-refractivity contribution in [2.75, 3.05) is 4.43 Å². The van der Waals surface area contributed by atoms with Gasteiger partial charge < -0.3 is 0 Å². The Bertz CT molecular complexity index is 130. The summed E-state index contributed by atoms with van der Waals surface area (Å²) >= 11 is 0.321.